The van der Waals surface area contributed by atoms with Gasteiger partial charge in [0.25, 0.3) is 5.91 Å². The number of amides is 1. The molecule has 0 aliphatic carbocycles. The number of carbonyl (C=O) groups is 1. The molecule has 3 aromatic rings. The lowest BCUT2D eigenvalue weighted by atomic mass is 9.98. The van der Waals surface area contributed by atoms with Gasteiger partial charge in [-0.2, -0.15) is 0 Å². The molecule has 1 aromatic heterocycles. The molecule has 2 aromatic carbocycles. The monoisotopic (exact) mass is 415 g/mol. The van der Waals surface area contributed by atoms with Crippen LogP contribution in [0.2, 0.25) is 5.02 Å². The highest BCUT2D eigenvalue weighted by Gasteiger charge is 2.42. The van der Waals surface area contributed by atoms with Crippen molar-refractivity contribution < 1.29 is 18.5 Å². The van der Waals surface area contributed by atoms with Gasteiger partial charge in [0.1, 0.15) is 11.4 Å². The third kappa shape index (κ3) is 3.54. The number of hydrogen-bond acceptors (Lipinski definition) is 3. The van der Waals surface area contributed by atoms with Gasteiger partial charge in [-0.25, -0.2) is 4.39 Å². The van der Waals surface area contributed by atoms with Crippen molar-refractivity contribution in [1.82, 2.24) is 4.90 Å². The molecule has 4 rings (SSSR count). The van der Waals surface area contributed by atoms with E-state index in [1.165, 1.54) is 17.0 Å². The highest BCUT2D eigenvalue weighted by Crippen LogP contribution is 2.38. The van der Waals surface area contributed by atoms with Crippen molar-refractivity contribution >= 4 is 28.5 Å². The minimum absolute atomic E-state index is 0.0522. The summed E-state index contributed by atoms with van der Waals surface area (Å²) in [7, 11) is 4.08. The first-order chi connectivity index (χ1) is 13.9. The molecule has 0 saturated carbocycles. The van der Waals surface area contributed by atoms with Crippen LogP contribution in [0.15, 0.2) is 51.7 Å². The lowest BCUT2D eigenvalue weighted by Crippen LogP contribution is -3.05. The summed E-state index contributed by atoms with van der Waals surface area (Å²) in [5.41, 5.74) is 0.994. The summed E-state index contributed by atoms with van der Waals surface area (Å²) in [6.07, 6.45) is 0.763. The summed E-state index contributed by atoms with van der Waals surface area (Å²) < 4.78 is 19.3. The number of hydrogen-bond donors (Lipinski definition) is 1. The molecule has 29 heavy (non-hydrogen) atoms. The Bertz CT molecular complexity index is 1140. The number of nitrogens with zero attached hydrogens (tertiary/aromatic N) is 1. The average molecular weight is 416 g/mol. The summed E-state index contributed by atoms with van der Waals surface area (Å²) >= 11 is 6.07. The molecule has 5 nitrogen and oxygen atoms in total. The number of rotatable bonds is 5. The smallest absolute Gasteiger partial charge is 0.290 e. The Balaban J connectivity index is 1.88. The van der Waals surface area contributed by atoms with E-state index in [1.54, 1.807) is 35.2 Å². The molecule has 2 heterocycles. The van der Waals surface area contributed by atoms with Crippen molar-refractivity contribution in [2.75, 3.05) is 27.2 Å². The zero-order valence-corrected chi connectivity index (χ0v) is 16.9. The van der Waals surface area contributed by atoms with E-state index in [1.807, 2.05) is 14.1 Å². The zero-order valence-electron chi connectivity index (χ0n) is 16.2. The van der Waals surface area contributed by atoms with Crippen LogP contribution in [0.5, 0.6) is 0 Å². The van der Waals surface area contributed by atoms with Crippen molar-refractivity contribution in [2.24, 2.45) is 0 Å². The Morgan fingerprint density at radius 1 is 1.14 bits per heavy atom. The van der Waals surface area contributed by atoms with Crippen molar-refractivity contribution in [2.45, 2.75) is 12.5 Å². The fraction of sp³-hybridized carbons (Fsp3) is 0.273. The Kier molecular flexibility index (Phi) is 5.15. The second-order valence-corrected chi connectivity index (χ2v) is 8.01. The fourth-order valence-corrected chi connectivity index (χ4v) is 3.99. The van der Waals surface area contributed by atoms with Crippen molar-refractivity contribution in [3.8, 4) is 0 Å². The van der Waals surface area contributed by atoms with E-state index in [0.29, 0.717) is 28.1 Å². The quantitative estimate of drug-likeness (QED) is 0.697. The van der Waals surface area contributed by atoms with Gasteiger partial charge in [-0.15, -0.1) is 0 Å². The molecule has 1 N–H and O–H groups in total. The number of halogens is 2. The molecule has 0 radical (unpaired) electrons. The molecule has 0 fully saturated rings. The van der Waals surface area contributed by atoms with Crippen LogP contribution in [0.1, 0.15) is 34.1 Å². The number of carbonyl (C=O) groups excluding carboxylic acids is 1. The van der Waals surface area contributed by atoms with Crippen molar-refractivity contribution in [1.29, 1.82) is 0 Å². The molecular weight excluding hydrogens is 395 g/mol. The lowest BCUT2D eigenvalue weighted by molar-refractivity contribution is -0.858. The number of fused-ring (bicyclic) bond motifs is 2. The van der Waals surface area contributed by atoms with Gasteiger partial charge < -0.3 is 14.2 Å². The second kappa shape index (κ2) is 7.61. The van der Waals surface area contributed by atoms with E-state index in [4.69, 9.17) is 16.0 Å². The minimum Gasteiger partial charge on any atom is -0.450 e. The summed E-state index contributed by atoms with van der Waals surface area (Å²) in [6, 6.07) is 10.0. The molecule has 0 bridgehead atoms. The van der Waals surface area contributed by atoms with E-state index in [9.17, 15) is 14.0 Å². The fourth-order valence-electron chi connectivity index (χ4n) is 3.82. The van der Waals surface area contributed by atoms with Crippen molar-refractivity contribution in [3.63, 3.8) is 0 Å². The standard InChI is InChI=1S/C22H20ClFN2O3/c1-25(2)10-3-11-26-19(13-4-7-15(24)8-5-13)18-20(27)16-12-14(23)6-9-17(16)29-21(18)22(26)28/h4-9,12,19H,3,10-11H2,1-2H3/p+1. The second-order valence-electron chi connectivity index (χ2n) is 7.58. The normalized spacial score (nSPS) is 16.1. The Morgan fingerprint density at radius 2 is 1.86 bits per heavy atom. The molecule has 1 unspecified atom stereocenters. The van der Waals surface area contributed by atoms with E-state index in [0.717, 1.165) is 13.0 Å². The first kappa shape index (κ1) is 19.6. The predicted octanol–water partition coefficient (Wildman–Crippen LogP) is 2.67. The topological polar surface area (TPSA) is 55.0 Å². The Morgan fingerprint density at radius 3 is 2.55 bits per heavy atom. The van der Waals surface area contributed by atoms with Crippen LogP contribution in [-0.2, 0) is 0 Å². The third-order valence-corrected chi connectivity index (χ3v) is 5.42. The summed E-state index contributed by atoms with van der Waals surface area (Å²) in [4.78, 5) is 29.4. The van der Waals surface area contributed by atoms with Crippen LogP contribution in [0.25, 0.3) is 11.0 Å². The van der Waals surface area contributed by atoms with Gasteiger partial charge in [-0.05, 0) is 35.9 Å². The minimum atomic E-state index is -0.616. The molecule has 7 heteroatoms. The molecule has 1 aliphatic heterocycles. The van der Waals surface area contributed by atoms with Gasteiger partial charge >= 0.3 is 0 Å². The largest absolute Gasteiger partial charge is 0.450 e. The summed E-state index contributed by atoms with van der Waals surface area (Å²) in [5.74, 6) is -0.647. The summed E-state index contributed by atoms with van der Waals surface area (Å²) in [6.45, 7) is 1.34. The molecule has 0 saturated heterocycles. The van der Waals surface area contributed by atoms with Crippen LogP contribution in [0, 0.1) is 5.82 Å². The molecule has 1 aliphatic rings. The van der Waals surface area contributed by atoms with Crippen LogP contribution in [0.4, 0.5) is 4.39 Å². The maximum absolute atomic E-state index is 13.5. The Hall–Kier alpha value is -2.70. The number of nitrogens with one attached hydrogen (secondary N) is 1. The van der Waals surface area contributed by atoms with E-state index < -0.39 is 6.04 Å². The average Bonchev–Trinajstić information content (AvgIpc) is 2.95. The number of quaternary nitrogens is 1. The first-order valence-corrected chi connectivity index (χ1v) is 9.86. The van der Waals surface area contributed by atoms with Gasteiger partial charge in [0.2, 0.25) is 5.76 Å². The predicted molar refractivity (Wildman–Crippen MR) is 109 cm³/mol. The van der Waals surface area contributed by atoms with Gasteiger partial charge in [-0.1, -0.05) is 23.7 Å². The van der Waals surface area contributed by atoms with Crippen LogP contribution in [0.3, 0.4) is 0 Å². The van der Waals surface area contributed by atoms with Crippen LogP contribution < -0.4 is 10.3 Å². The van der Waals surface area contributed by atoms with Crippen LogP contribution >= 0.6 is 11.6 Å². The zero-order chi connectivity index (χ0) is 20.7. The van der Waals surface area contributed by atoms with Gasteiger partial charge in [0.05, 0.1) is 37.6 Å². The molecule has 150 valence electrons. The maximum Gasteiger partial charge on any atom is 0.290 e. The van der Waals surface area contributed by atoms with Crippen LogP contribution in [-0.4, -0.2) is 38.0 Å². The van der Waals surface area contributed by atoms with Gasteiger partial charge in [-0.3, -0.25) is 9.59 Å². The maximum atomic E-state index is 13.5. The molecule has 0 spiro atoms. The van der Waals surface area contributed by atoms with E-state index in [2.05, 4.69) is 0 Å². The van der Waals surface area contributed by atoms with E-state index in [-0.39, 0.29) is 28.5 Å². The molecule has 1 atom stereocenters. The Labute approximate surface area is 172 Å². The third-order valence-electron chi connectivity index (χ3n) is 5.19. The molecular formula is C22H21ClFN2O3+. The molecule has 1 amide bonds. The van der Waals surface area contributed by atoms with Gasteiger partial charge in [0, 0.05) is 18.0 Å². The van der Waals surface area contributed by atoms with Gasteiger partial charge in [0.15, 0.2) is 5.43 Å². The van der Waals surface area contributed by atoms with E-state index >= 15 is 0 Å². The summed E-state index contributed by atoms with van der Waals surface area (Å²) in [5, 5.41) is 0.744. The first-order valence-electron chi connectivity index (χ1n) is 9.48. The SMILES string of the molecule is C[NH+](C)CCCN1C(=O)c2oc3ccc(Cl)cc3c(=O)c2C1c1ccc(F)cc1. The lowest BCUT2D eigenvalue weighted by Gasteiger charge is -2.25. The highest BCUT2D eigenvalue weighted by atomic mass is 35.5. The van der Waals surface area contributed by atoms with Crippen molar-refractivity contribution in [3.05, 3.63) is 80.4 Å². The number of benzene rings is 2. The highest BCUT2D eigenvalue weighted by molar-refractivity contribution is 6.31.